The standard InChI is InChI=1S/C13H15NO3S/c1-8-5-11(16-3)9(6-10(8)15-2)13-14-12(17-4)7-18-13/h5-7H,1-4H3. The van der Waals surface area contributed by atoms with Crippen LogP contribution < -0.4 is 14.2 Å². The predicted octanol–water partition coefficient (Wildman–Crippen LogP) is 3.14. The number of rotatable bonds is 4. The second kappa shape index (κ2) is 5.27. The van der Waals surface area contributed by atoms with Crippen molar-refractivity contribution in [3.63, 3.8) is 0 Å². The summed E-state index contributed by atoms with van der Waals surface area (Å²) in [5, 5.41) is 2.71. The van der Waals surface area contributed by atoms with Crippen LogP contribution in [0, 0.1) is 6.92 Å². The number of benzene rings is 1. The maximum atomic E-state index is 5.39. The van der Waals surface area contributed by atoms with Gasteiger partial charge in [0, 0.05) is 0 Å². The number of methoxy groups -OCH3 is 3. The van der Waals surface area contributed by atoms with E-state index in [0.29, 0.717) is 5.88 Å². The first-order valence-corrected chi connectivity index (χ1v) is 6.30. The number of aromatic nitrogens is 1. The van der Waals surface area contributed by atoms with Gasteiger partial charge in [0.1, 0.15) is 16.5 Å². The van der Waals surface area contributed by atoms with Crippen LogP contribution in [0.5, 0.6) is 17.4 Å². The molecule has 0 amide bonds. The second-order valence-corrected chi connectivity index (χ2v) is 4.58. The van der Waals surface area contributed by atoms with Crippen LogP contribution in [0.1, 0.15) is 5.56 Å². The van der Waals surface area contributed by atoms with E-state index in [1.54, 1.807) is 21.3 Å². The summed E-state index contributed by atoms with van der Waals surface area (Å²) in [5.74, 6) is 2.21. The van der Waals surface area contributed by atoms with Gasteiger partial charge < -0.3 is 14.2 Å². The molecule has 0 saturated heterocycles. The Labute approximate surface area is 110 Å². The molecule has 0 spiro atoms. The summed E-state index contributed by atoms with van der Waals surface area (Å²) in [4.78, 5) is 4.37. The fourth-order valence-corrected chi connectivity index (χ4v) is 2.48. The number of hydrogen-bond acceptors (Lipinski definition) is 5. The molecule has 1 aromatic heterocycles. The van der Waals surface area contributed by atoms with E-state index in [9.17, 15) is 0 Å². The SMILES string of the molecule is COc1csc(-c2cc(OC)c(C)cc2OC)n1. The molecular weight excluding hydrogens is 250 g/mol. The van der Waals surface area contributed by atoms with Crippen LogP contribution in [0.15, 0.2) is 17.5 Å². The molecule has 0 radical (unpaired) electrons. The summed E-state index contributed by atoms with van der Waals surface area (Å²) in [6.45, 7) is 1.98. The van der Waals surface area contributed by atoms with Gasteiger partial charge in [-0.15, -0.1) is 11.3 Å². The number of aryl methyl sites for hydroxylation is 1. The Morgan fingerprint density at radius 2 is 1.72 bits per heavy atom. The minimum atomic E-state index is 0.608. The van der Waals surface area contributed by atoms with Crippen molar-refractivity contribution >= 4 is 11.3 Å². The van der Waals surface area contributed by atoms with Crippen LogP contribution >= 0.6 is 11.3 Å². The maximum absolute atomic E-state index is 5.39. The third-order valence-corrected chi connectivity index (χ3v) is 3.49. The molecule has 0 N–H and O–H groups in total. The number of nitrogens with zero attached hydrogens (tertiary/aromatic N) is 1. The van der Waals surface area contributed by atoms with E-state index in [-0.39, 0.29) is 0 Å². The Morgan fingerprint density at radius 1 is 1.00 bits per heavy atom. The average molecular weight is 265 g/mol. The van der Waals surface area contributed by atoms with Gasteiger partial charge in [-0.05, 0) is 24.6 Å². The van der Waals surface area contributed by atoms with Gasteiger partial charge in [-0.25, -0.2) is 4.98 Å². The molecule has 0 aliphatic heterocycles. The highest BCUT2D eigenvalue weighted by molar-refractivity contribution is 7.13. The highest BCUT2D eigenvalue weighted by atomic mass is 32.1. The van der Waals surface area contributed by atoms with Crippen molar-refractivity contribution in [2.45, 2.75) is 6.92 Å². The lowest BCUT2D eigenvalue weighted by Gasteiger charge is -2.11. The quantitative estimate of drug-likeness (QED) is 0.851. The van der Waals surface area contributed by atoms with Gasteiger partial charge in [0.25, 0.3) is 0 Å². The normalized spacial score (nSPS) is 10.2. The van der Waals surface area contributed by atoms with E-state index < -0.39 is 0 Å². The fourth-order valence-electron chi connectivity index (χ4n) is 1.69. The molecular formula is C13H15NO3S. The van der Waals surface area contributed by atoms with Gasteiger partial charge in [0.15, 0.2) is 0 Å². The molecule has 18 heavy (non-hydrogen) atoms. The summed E-state index contributed by atoms with van der Waals surface area (Å²) in [7, 11) is 4.91. The summed E-state index contributed by atoms with van der Waals surface area (Å²) in [5.41, 5.74) is 1.94. The maximum Gasteiger partial charge on any atom is 0.224 e. The van der Waals surface area contributed by atoms with E-state index in [0.717, 1.165) is 27.6 Å². The topological polar surface area (TPSA) is 40.6 Å². The molecule has 1 heterocycles. The average Bonchev–Trinajstić information content (AvgIpc) is 2.87. The molecule has 4 nitrogen and oxygen atoms in total. The number of thiazole rings is 1. The molecule has 1 aromatic carbocycles. The van der Waals surface area contributed by atoms with Crippen molar-refractivity contribution in [2.75, 3.05) is 21.3 Å². The molecule has 0 saturated carbocycles. The Balaban J connectivity index is 2.54. The fraction of sp³-hybridized carbons (Fsp3) is 0.308. The van der Waals surface area contributed by atoms with Crippen LogP contribution in [0.4, 0.5) is 0 Å². The molecule has 5 heteroatoms. The van der Waals surface area contributed by atoms with Crippen LogP contribution in [0.3, 0.4) is 0 Å². The van der Waals surface area contributed by atoms with Gasteiger partial charge in [-0.3, -0.25) is 0 Å². The molecule has 0 aliphatic rings. The van der Waals surface area contributed by atoms with Crippen LogP contribution in [0.2, 0.25) is 0 Å². The van der Waals surface area contributed by atoms with Crippen molar-refractivity contribution in [3.8, 4) is 28.0 Å². The van der Waals surface area contributed by atoms with E-state index >= 15 is 0 Å². The van der Waals surface area contributed by atoms with Gasteiger partial charge in [0.05, 0.1) is 32.3 Å². The summed E-state index contributed by atoms with van der Waals surface area (Å²) < 4.78 is 15.8. The third-order valence-electron chi connectivity index (χ3n) is 2.64. The molecule has 0 atom stereocenters. The van der Waals surface area contributed by atoms with Crippen molar-refractivity contribution < 1.29 is 14.2 Å². The predicted molar refractivity (Wildman–Crippen MR) is 71.9 cm³/mol. The Morgan fingerprint density at radius 3 is 2.28 bits per heavy atom. The highest BCUT2D eigenvalue weighted by Crippen LogP contribution is 2.38. The van der Waals surface area contributed by atoms with E-state index in [2.05, 4.69) is 4.98 Å². The molecule has 0 fully saturated rings. The first-order valence-electron chi connectivity index (χ1n) is 5.42. The number of ether oxygens (including phenoxy) is 3. The molecule has 2 aromatic rings. The zero-order chi connectivity index (χ0) is 13.1. The smallest absolute Gasteiger partial charge is 0.224 e. The zero-order valence-electron chi connectivity index (χ0n) is 10.8. The monoisotopic (exact) mass is 265 g/mol. The van der Waals surface area contributed by atoms with Crippen molar-refractivity contribution in [1.82, 2.24) is 4.98 Å². The lowest BCUT2D eigenvalue weighted by atomic mass is 10.1. The van der Waals surface area contributed by atoms with Gasteiger partial charge >= 0.3 is 0 Å². The lowest BCUT2D eigenvalue weighted by molar-refractivity contribution is 0.399. The molecule has 0 aliphatic carbocycles. The molecule has 0 bridgehead atoms. The van der Waals surface area contributed by atoms with Crippen LogP contribution in [-0.2, 0) is 0 Å². The minimum absolute atomic E-state index is 0.608. The van der Waals surface area contributed by atoms with Gasteiger partial charge in [0.2, 0.25) is 5.88 Å². The summed E-state index contributed by atoms with van der Waals surface area (Å²) in [6, 6.07) is 3.88. The first kappa shape index (κ1) is 12.7. The van der Waals surface area contributed by atoms with E-state index in [1.807, 2.05) is 24.4 Å². The highest BCUT2D eigenvalue weighted by Gasteiger charge is 2.14. The zero-order valence-corrected chi connectivity index (χ0v) is 11.6. The van der Waals surface area contributed by atoms with E-state index in [4.69, 9.17) is 14.2 Å². The Kier molecular flexibility index (Phi) is 3.72. The van der Waals surface area contributed by atoms with Crippen molar-refractivity contribution in [3.05, 3.63) is 23.1 Å². The number of hydrogen-bond donors (Lipinski definition) is 0. The van der Waals surface area contributed by atoms with Crippen molar-refractivity contribution in [1.29, 1.82) is 0 Å². The van der Waals surface area contributed by atoms with E-state index in [1.165, 1.54) is 11.3 Å². The largest absolute Gasteiger partial charge is 0.496 e. The summed E-state index contributed by atoms with van der Waals surface area (Å²) >= 11 is 1.51. The first-order chi connectivity index (χ1) is 8.69. The van der Waals surface area contributed by atoms with Crippen LogP contribution in [-0.4, -0.2) is 26.3 Å². The molecule has 2 rings (SSSR count). The second-order valence-electron chi connectivity index (χ2n) is 3.72. The Bertz CT molecular complexity index is 551. The minimum Gasteiger partial charge on any atom is -0.496 e. The lowest BCUT2D eigenvalue weighted by Crippen LogP contribution is -1.93. The van der Waals surface area contributed by atoms with Gasteiger partial charge in [-0.1, -0.05) is 0 Å². The molecule has 96 valence electrons. The summed E-state index contributed by atoms with van der Waals surface area (Å²) in [6.07, 6.45) is 0. The third kappa shape index (κ3) is 2.26. The van der Waals surface area contributed by atoms with Crippen LogP contribution in [0.25, 0.3) is 10.6 Å². The molecule has 0 unspecified atom stereocenters. The van der Waals surface area contributed by atoms with Crippen molar-refractivity contribution in [2.24, 2.45) is 0 Å². The van der Waals surface area contributed by atoms with Gasteiger partial charge in [-0.2, -0.15) is 0 Å². The Hall–Kier alpha value is -1.75.